The summed E-state index contributed by atoms with van der Waals surface area (Å²) in [7, 11) is 2.45. The SMILES string of the molecule is Cn1c(C(=O)NCc2cc(F)ccc2C(F)(F)F)cc(=O)n(C)c1=O. The normalized spacial score (nSPS) is 11.4. The monoisotopic (exact) mass is 359 g/mol. The molecule has 0 radical (unpaired) electrons. The molecule has 1 N–H and O–H groups in total. The molecule has 10 heteroatoms. The molecule has 0 saturated carbocycles. The molecule has 1 amide bonds. The van der Waals surface area contributed by atoms with Crippen molar-refractivity contribution in [3.8, 4) is 0 Å². The Bertz CT molecular complexity index is 945. The Kier molecular flexibility index (Phi) is 4.82. The minimum atomic E-state index is -4.72. The van der Waals surface area contributed by atoms with Crippen LogP contribution in [0.25, 0.3) is 0 Å². The fourth-order valence-electron chi connectivity index (χ4n) is 2.20. The zero-order valence-electron chi connectivity index (χ0n) is 13.1. The van der Waals surface area contributed by atoms with Crippen molar-refractivity contribution in [2.45, 2.75) is 12.7 Å². The van der Waals surface area contributed by atoms with Gasteiger partial charge in [-0.3, -0.25) is 18.7 Å². The molecule has 0 saturated heterocycles. The van der Waals surface area contributed by atoms with Crippen molar-refractivity contribution >= 4 is 5.91 Å². The van der Waals surface area contributed by atoms with E-state index in [1.54, 1.807) is 0 Å². The number of rotatable bonds is 3. The first-order valence-corrected chi connectivity index (χ1v) is 6.93. The second-order valence-electron chi connectivity index (χ2n) is 5.25. The number of alkyl halides is 3. The molecule has 6 nitrogen and oxygen atoms in total. The lowest BCUT2D eigenvalue weighted by Crippen LogP contribution is -2.41. The largest absolute Gasteiger partial charge is 0.416 e. The number of hydrogen-bond acceptors (Lipinski definition) is 3. The van der Waals surface area contributed by atoms with Crippen LogP contribution in [-0.2, 0) is 26.8 Å². The maximum absolute atomic E-state index is 13.2. The summed E-state index contributed by atoms with van der Waals surface area (Å²) in [6, 6.07) is 2.78. The summed E-state index contributed by atoms with van der Waals surface area (Å²) in [5.41, 5.74) is -3.39. The summed E-state index contributed by atoms with van der Waals surface area (Å²) in [4.78, 5) is 35.5. The Hall–Kier alpha value is -2.91. The third kappa shape index (κ3) is 3.78. The molecular formula is C15H13F4N3O3. The van der Waals surface area contributed by atoms with Gasteiger partial charge in [-0.2, -0.15) is 13.2 Å². The molecule has 0 atom stereocenters. The van der Waals surface area contributed by atoms with Gasteiger partial charge in [0, 0.05) is 26.7 Å². The quantitative estimate of drug-likeness (QED) is 0.837. The van der Waals surface area contributed by atoms with Gasteiger partial charge in [0.05, 0.1) is 5.56 Å². The van der Waals surface area contributed by atoms with Crippen LogP contribution >= 0.6 is 0 Å². The number of hydrogen-bond donors (Lipinski definition) is 1. The van der Waals surface area contributed by atoms with Crippen molar-refractivity contribution in [3.05, 3.63) is 67.7 Å². The molecular weight excluding hydrogens is 346 g/mol. The molecule has 0 aliphatic rings. The van der Waals surface area contributed by atoms with Crippen LogP contribution in [0.4, 0.5) is 17.6 Å². The Morgan fingerprint density at radius 1 is 1.12 bits per heavy atom. The second-order valence-corrected chi connectivity index (χ2v) is 5.25. The van der Waals surface area contributed by atoms with E-state index in [0.717, 1.165) is 15.2 Å². The van der Waals surface area contributed by atoms with E-state index in [9.17, 15) is 31.9 Å². The highest BCUT2D eigenvalue weighted by Crippen LogP contribution is 2.32. The minimum Gasteiger partial charge on any atom is -0.347 e. The minimum absolute atomic E-state index is 0.321. The Morgan fingerprint density at radius 2 is 1.76 bits per heavy atom. The number of aromatic nitrogens is 2. The molecule has 1 heterocycles. The number of nitrogens with zero attached hydrogens (tertiary/aromatic N) is 2. The maximum atomic E-state index is 13.2. The Labute approximate surface area is 138 Å². The fourth-order valence-corrected chi connectivity index (χ4v) is 2.20. The zero-order valence-corrected chi connectivity index (χ0v) is 13.1. The van der Waals surface area contributed by atoms with Crippen LogP contribution in [-0.4, -0.2) is 15.0 Å². The maximum Gasteiger partial charge on any atom is 0.416 e. The number of halogens is 4. The van der Waals surface area contributed by atoms with Gasteiger partial charge in [0.2, 0.25) is 0 Å². The third-order valence-corrected chi connectivity index (χ3v) is 3.57. The summed E-state index contributed by atoms with van der Waals surface area (Å²) in [5, 5.41) is 2.16. The lowest BCUT2D eigenvalue weighted by Gasteiger charge is -2.14. The van der Waals surface area contributed by atoms with Crippen molar-refractivity contribution in [3.63, 3.8) is 0 Å². The smallest absolute Gasteiger partial charge is 0.347 e. The van der Waals surface area contributed by atoms with Crippen molar-refractivity contribution in [2.24, 2.45) is 14.1 Å². The van der Waals surface area contributed by atoms with Crippen molar-refractivity contribution in [1.29, 1.82) is 0 Å². The van der Waals surface area contributed by atoms with E-state index in [4.69, 9.17) is 0 Å². The van der Waals surface area contributed by atoms with Crippen LogP contribution < -0.4 is 16.6 Å². The number of nitrogens with one attached hydrogen (secondary N) is 1. The van der Waals surface area contributed by atoms with Gasteiger partial charge < -0.3 is 5.32 Å². The lowest BCUT2D eigenvalue weighted by molar-refractivity contribution is -0.138. The molecule has 1 aromatic heterocycles. The van der Waals surface area contributed by atoms with Gasteiger partial charge in [0.15, 0.2) is 0 Å². The van der Waals surface area contributed by atoms with E-state index in [1.165, 1.54) is 14.1 Å². The zero-order chi connectivity index (χ0) is 18.9. The summed E-state index contributed by atoms with van der Waals surface area (Å²) < 4.78 is 53.6. The highest BCUT2D eigenvalue weighted by molar-refractivity contribution is 5.92. The number of carbonyl (C=O) groups is 1. The fraction of sp³-hybridized carbons (Fsp3) is 0.267. The van der Waals surface area contributed by atoms with E-state index in [1.807, 2.05) is 0 Å². The van der Waals surface area contributed by atoms with E-state index in [-0.39, 0.29) is 5.69 Å². The predicted molar refractivity (Wildman–Crippen MR) is 79.5 cm³/mol. The van der Waals surface area contributed by atoms with Crippen molar-refractivity contribution in [1.82, 2.24) is 14.5 Å². The average molecular weight is 359 g/mol. The molecule has 134 valence electrons. The molecule has 25 heavy (non-hydrogen) atoms. The van der Waals surface area contributed by atoms with Gasteiger partial charge in [-0.25, -0.2) is 9.18 Å². The second kappa shape index (κ2) is 6.54. The van der Waals surface area contributed by atoms with Crippen LogP contribution in [0.1, 0.15) is 21.6 Å². The molecule has 0 fully saturated rings. The molecule has 2 rings (SSSR count). The van der Waals surface area contributed by atoms with Crippen molar-refractivity contribution < 1.29 is 22.4 Å². The molecule has 0 unspecified atom stereocenters. The van der Waals surface area contributed by atoms with Gasteiger partial charge in [0.1, 0.15) is 11.5 Å². The highest BCUT2D eigenvalue weighted by atomic mass is 19.4. The number of carbonyl (C=O) groups excluding carboxylic acids is 1. The van der Waals surface area contributed by atoms with Crippen LogP contribution in [0.3, 0.4) is 0 Å². The number of amides is 1. The van der Waals surface area contributed by atoms with E-state index < -0.39 is 46.8 Å². The molecule has 0 bridgehead atoms. The summed E-state index contributed by atoms with van der Waals surface area (Å²) in [5.74, 6) is -1.83. The van der Waals surface area contributed by atoms with Gasteiger partial charge in [-0.1, -0.05) is 0 Å². The summed E-state index contributed by atoms with van der Waals surface area (Å²) >= 11 is 0. The summed E-state index contributed by atoms with van der Waals surface area (Å²) in [6.45, 7) is -0.630. The van der Waals surface area contributed by atoms with E-state index in [0.29, 0.717) is 18.2 Å². The Balaban J connectivity index is 2.32. The molecule has 0 aliphatic heterocycles. The molecule has 1 aromatic carbocycles. The predicted octanol–water partition coefficient (Wildman–Crippen LogP) is 1.17. The van der Waals surface area contributed by atoms with Gasteiger partial charge >= 0.3 is 11.9 Å². The summed E-state index contributed by atoms with van der Waals surface area (Å²) in [6.07, 6.45) is -4.72. The number of benzene rings is 1. The van der Waals surface area contributed by atoms with Gasteiger partial charge in [-0.15, -0.1) is 0 Å². The van der Waals surface area contributed by atoms with E-state index >= 15 is 0 Å². The van der Waals surface area contributed by atoms with Crippen LogP contribution in [0.5, 0.6) is 0 Å². The average Bonchev–Trinajstić information content (AvgIpc) is 2.52. The van der Waals surface area contributed by atoms with Crippen LogP contribution in [0.15, 0.2) is 33.9 Å². The first kappa shape index (κ1) is 18.4. The molecule has 0 aliphatic carbocycles. The van der Waals surface area contributed by atoms with E-state index in [2.05, 4.69) is 5.32 Å². The molecule has 2 aromatic rings. The van der Waals surface area contributed by atoms with Crippen molar-refractivity contribution in [2.75, 3.05) is 0 Å². The third-order valence-electron chi connectivity index (χ3n) is 3.57. The lowest BCUT2D eigenvalue weighted by atomic mass is 10.1. The van der Waals surface area contributed by atoms with Crippen LogP contribution in [0.2, 0.25) is 0 Å². The first-order valence-electron chi connectivity index (χ1n) is 6.93. The standard InChI is InChI=1S/C15H13F4N3O3/c1-21-11(6-12(23)22(2)14(21)25)13(24)20-7-8-5-9(16)3-4-10(8)15(17,18)19/h3-6H,7H2,1-2H3,(H,20,24). The van der Waals surface area contributed by atoms with Crippen LogP contribution in [0, 0.1) is 5.82 Å². The first-order chi connectivity index (χ1) is 11.5. The van der Waals surface area contributed by atoms with Gasteiger partial charge in [0.25, 0.3) is 11.5 Å². The highest BCUT2D eigenvalue weighted by Gasteiger charge is 2.33. The topological polar surface area (TPSA) is 73.1 Å². The van der Waals surface area contributed by atoms with Gasteiger partial charge in [-0.05, 0) is 23.8 Å². The Morgan fingerprint density at radius 3 is 2.36 bits per heavy atom. The molecule has 0 spiro atoms.